The smallest absolute Gasteiger partial charge is 0.255 e. The molecule has 0 aliphatic carbocycles. The highest BCUT2D eigenvalue weighted by atomic mass is 16.3. The fraction of sp³-hybridized carbons (Fsp3) is 0.400. The quantitative estimate of drug-likeness (QED) is 0.761. The van der Waals surface area contributed by atoms with E-state index < -0.39 is 0 Å². The number of hydrogen-bond donors (Lipinski definition) is 2. The predicted molar refractivity (Wildman–Crippen MR) is 101 cm³/mol. The molecular weight excluding hydrogens is 330 g/mol. The van der Waals surface area contributed by atoms with Crippen molar-refractivity contribution in [2.75, 3.05) is 13.6 Å². The Morgan fingerprint density at radius 2 is 1.81 bits per heavy atom. The zero-order valence-electron chi connectivity index (χ0n) is 15.8. The van der Waals surface area contributed by atoms with Gasteiger partial charge >= 0.3 is 0 Å². The minimum atomic E-state index is -0.314. The maximum absolute atomic E-state index is 12.1. The second kappa shape index (κ2) is 9.20. The van der Waals surface area contributed by atoms with Crippen LogP contribution in [0, 0.1) is 6.92 Å². The minimum absolute atomic E-state index is 0.0719. The Hall–Kier alpha value is -2.60. The lowest BCUT2D eigenvalue weighted by Gasteiger charge is -2.22. The molecule has 2 amide bonds. The van der Waals surface area contributed by atoms with E-state index in [9.17, 15) is 9.59 Å². The van der Waals surface area contributed by atoms with Crippen LogP contribution in [0.5, 0.6) is 0 Å². The lowest BCUT2D eigenvalue weighted by atomic mass is 10.1. The monoisotopic (exact) mass is 357 g/mol. The van der Waals surface area contributed by atoms with Gasteiger partial charge in [0.15, 0.2) is 0 Å². The van der Waals surface area contributed by atoms with E-state index in [1.54, 1.807) is 13.0 Å². The number of hydrogen-bond acceptors (Lipinski definition) is 4. The van der Waals surface area contributed by atoms with E-state index in [1.807, 2.05) is 18.2 Å². The molecule has 0 fully saturated rings. The Morgan fingerprint density at radius 3 is 2.42 bits per heavy atom. The van der Waals surface area contributed by atoms with E-state index >= 15 is 0 Å². The van der Waals surface area contributed by atoms with Crippen molar-refractivity contribution in [3.8, 4) is 0 Å². The van der Waals surface area contributed by atoms with Crippen molar-refractivity contribution in [1.82, 2.24) is 15.5 Å². The Bertz CT molecular complexity index is 752. The van der Waals surface area contributed by atoms with Crippen LogP contribution in [0.3, 0.4) is 0 Å². The molecule has 0 saturated carbocycles. The highest BCUT2D eigenvalue weighted by molar-refractivity contribution is 5.97. The molecular formula is C20H27N3O3. The SMILES string of the molecule is Cc1occc1C(=O)NCC(=O)NCc1ccccc1CN(C)C(C)C. The minimum Gasteiger partial charge on any atom is -0.469 e. The molecule has 0 spiro atoms. The first kappa shape index (κ1) is 19.7. The molecule has 6 nitrogen and oxygen atoms in total. The first-order valence-electron chi connectivity index (χ1n) is 8.74. The van der Waals surface area contributed by atoms with Gasteiger partial charge < -0.3 is 15.1 Å². The van der Waals surface area contributed by atoms with Crippen molar-refractivity contribution >= 4 is 11.8 Å². The fourth-order valence-electron chi connectivity index (χ4n) is 2.47. The third-order valence-corrected chi connectivity index (χ3v) is 4.41. The number of furan rings is 1. The van der Waals surface area contributed by atoms with Crippen LogP contribution in [0.4, 0.5) is 0 Å². The number of carbonyl (C=O) groups is 2. The van der Waals surface area contributed by atoms with Crippen LogP contribution < -0.4 is 10.6 Å². The highest BCUT2D eigenvalue weighted by Crippen LogP contribution is 2.12. The lowest BCUT2D eigenvalue weighted by molar-refractivity contribution is -0.120. The molecule has 0 saturated heterocycles. The zero-order chi connectivity index (χ0) is 19.1. The number of nitrogens with one attached hydrogen (secondary N) is 2. The molecule has 140 valence electrons. The van der Waals surface area contributed by atoms with Crippen molar-refractivity contribution < 1.29 is 14.0 Å². The van der Waals surface area contributed by atoms with E-state index in [0.717, 1.165) is 12.1 Å². The number of amides is 2. The number of rotatable bonds is 8. The van der Waals surface area contributed by atoms with Crippen molar-refractivity contribution in [3.63, 3.8) is 0 Å². The largest absolute Gasteiger partial charge is 0.469 e. The standard InChI is InChI=1S/C20H27N3O3/c1-14(2)23(4)13-17-8-6-5-7-16(17)11-21-19(24)12-22-20(25)18-9-10-26-15(18)3/h5-10,14H,11-13H2,1-4H3,(H,21,24)(H,22,25). The van der Waals surface area contributed by atoms with Gasteiger partial charge in [-0.1, -0.05) is 24.3 Å². The average Bonchev–Trinajstić information content (AvgIpc) is 3.04. The van der Waals surface area contributed by atoms with E-state index in [1.165, 1.54) is 11.8 Å². The number of carbonyl (C=O) groups excluding carboxylic acids is 2. The summed E-state index contributed by atoms with van der Waals surface area (Å²) in [6.07, 6.45) is 1.45. The lowest BCUT2D eigenvalue weighted by Crippen LogP contribution is -2.37. The molecule has 0 bridgehead atoms. The molecule has 2 rings (SSSR count). The molecule has 0 radical (unpaired) electrons. The number of benzene rings is 1. The van der Waals surface area contributed by atoms with Crippen LogP contribution in [0.25, 0.3) is 0 Å². The van der Waals surface area contributed by atoms with Crippen LogP contribution >= 0.6 is 0 Å². The van der Waals surface area contributed by atoms with E-state index in [0.29, 0.717) is 23.9 Å². The van der Waals surface area contributed by atoms with Gasteiger partial charge in [-0.2, -0.15) is 0 Å². The third-order valence-electron chi connectivity index (χ3n) is 4.41. The normalized spacial score (nSPS) is 11.0. The van der Waals surface area contributed by atoms with Crippen molar-refractivity contribution in [2.45, 2.75) is 39.9 Å². The van der Waals surface area contributed by atoms with E-state index in [2.05, 4.69) is 42.5 Å². The molecule has 1 aromatic carbocycles. The summed E-state index contributed by atoms with van der Waals surface area (Å²) in [5.41, 5.74) is 2.70. The summed E-state index contributed by atoms with van der Waals surface area (Å²) >= 11 is 0. The zero-order valence-corrected chi connectivity index (χ0v) is 15.8. The van der Waals surface area contributed by atoms with Crippen molar-refractivity contribution in [1.29, 1.82) is 0 Å². The second-order valence-electron chi connectivity index (χ2n) is 6.63. The number of aryl methyl sites for hydroxylation is 1. The van der Waals surface area contributed by atoms with Gasteiger partial charge in [0.1, 0.15) is 5.76 Å². The topological polar surface area (TPSA) is 74.6 Å². The summed E-state index contributed by atoms with van der Waals surface area (Å²) in [6, 6.07) is 10.1. The van der Waals surface area contributed by atoms with Gasteiger partial charge in [-0.15, -0.1) is 0 Å². The summed E-state index contributed by atoms with van der Waals surface area (Å²) in [6.45, 7) is 7.18. The summed E-state index contributed by atoms with van der Waals surface area (Å²) in [5.74, 6) is -0.0111. The van der Waals surface area contributed by atoms with Crippen LogP contribution in [0.2, 0.25) is 0 Å². The van der Waals surface area contributed by atoms with E-state index in [-0.39, 0.29) is 18.4 Å². The Balaban J connectivity index is 1.86. The van der Waals surface area contributed by atoms with E-state index in [4.69, 9.17) is 4.42 Å². The van der Waals surface area contributed by atoms with Crippen LogP contribution in [-0.2, 0) is 17.9 Å². The van der Waals surface area contributed by atoms with Crippen LogP contribution in [0.1, 0.15) is 41.1 Å². The maximum atomic E-state index is 12.1. The first-order chi connectivity index (χ1) is 12.4. The molecule has 1 heterocycles. The maximum Gasteiger partial charge on any atom is 0.255 e. The summed E-state index contributed by atoms with van der Waals surface area (Å²) in [4.78, 5) is 26.3. The molecule has 6 heteroatoms. The molecule has 1 aromatic heterocycles. The molecule has 0 unspecified atom stereocenters. The molecule has 0 aliphatic rings. The average molecular weight is 357 g/mol. The summed E-state index contributed by atoms with van der Waals surface area (Å²) < 4.78 is 5.09. The number of nitrogens with zero attached hydrogens (tertiary/aromatic N) is 1. The Labute approximate surface area is 154 Å². The first-order valence-corrected chi connectivity index (χ1v) is 8.74. The van der Waals surface area contributed by atoms with Gasteiger partial charge in [0.25, 0.3) is 5.91 Å². The second-order valence-corrected chi connectivity index (χ2v) is 6.63. The van der Waals surface area contributed by atoms with Gasteiger partial charge in [0.05, 0.1) is 18.4 Å². The van der Waals surface area contributed by atoms with Crippen LogP contribution in [0.15, 0.2) is 41.0 Å². The predicted octanol–water partition coefficient (Wildman–Crippen LogP) is 2.47. The Morgan fingerprint density at radius 1 is 1.12 bits per heavy atom. The van der Waals surface area contributed by atoms with Gasteiger partial charge in [-0.25, -0.2) is 0 Å². The molecule has 0 aliphatic heterocycles. The molecule has 2 aromatic rings. The van der Waals surface area contributed by atoms with Gasteiger partial charge in [0, 0.05) is 19.1 Å². The Kier molecular flexibility index (Phi) is 6.97. The van der Waals surface area contributed by atoms with Crippen LogP contribution in [-0.4, -0.2) is 36.3 Å². The molecule has 2 N–H and O–H groups in total. The highest BCUT2D eigenvalue weighted by Gasteiger charge is 2.13. The summed E-state index contributed by atoms with van der Waals surface area (Å²) in [5, 5.41) is 5.47. The fourth-order valence-corrected chi connectivity index (χ4v) is 2.47. The third kappa shape index (κ3) is 5.46. The van der Waals surface area contributed by atoms with Gasteiger partial charge in [-0.3, -0.25) is 14.5 Å². The molecule has 26 heavy (non-hydrogen) atoms. The van der Waals surface area contributed by atoms with Crippen molar-refractivity contribution in [2.24, 2.45) is 0 Å². The summed E-state index contributed by atoms with van der Waals surface area (Å²) in [7, 11) is 2.08. The van der Waals surface area contributed by atoms with Gasteiger partial charge in [0.2, 0.25) is 5.91 Å². The van der Waals surface area contributed by atoms with Gasteiger partial charge in [-0.05, 0) is 45.0 Å². The molecule has 0 atom stereocenters. The van der Waals surface area contributed by atoms with Crippen molar-refractivity contribution in [3.05, 3.63) is 59.0 Å².